The molecule has 3 aliphatic rings. The number of thioether (sulfide) groups is 1. The first kappa shape index (κ1) is 27.3. The predicted octanol–water partition coefficient (Wildman–Crippen LogP) is 2.95. The number of nitrogens with one attached hydrogen (secondary N) is 2. The van der Waals surface area contributed by atoms with Gasteiger partial charge in [0.15, 0.2) is 0 Å². The molecule has 3 amide bonds. The highest BCUT2D eigenvalue weighted by molar-refractivity contribution is 8.02. The molecule has 3 aliphatic heterocycles. The van der Waals surface area contributed by atoms with E-state index in [1.807, 2.05) is 20.8 Å². The Bertz CT molecular complexity index is 795. The van der Waals surface area contributed by atoms with Crippen LogP contribution in [0.1, 0.15) is 80.6 Å². The molecule has 8 heteroatoms. The van der Waals surface area contributed by atoms with Gasteiger partial charge in [-0.15, -0.1) is 11.8 Å². The zero-order chi connectivity index (χ0) is 25.5. The van der Waals surface area contributed by atoms with Gasteiger partial charge in [0.05, 0.1) is 16.6 Å². The second-order valence-electron chi connectivity index (χ2n) is 12.4. The Kier molecular flexibility index (Phi) is 8.03. The largest absolute Gasteiger partial charge is 0.396 e. The lowest BCUT2D eigenvalue weighted by atomic mass is 9.65. The van der Waals surface area contributed by atoms with Crippen molar-refractivity contribution >= 4 is 29.5 Å². The third-order valence-electron chi connectivity index (χ3n) is 7.59. The molecule has 34 heavy (non-hydrogen) atoms. The van der Waals surface area contributed by atoms with Gasteiger partial charge < -0.3 is 20.6 Å². The SMILES string of the molecule is CCCNC(=O)[C@@H]1[C@@H]2CC(C)C3(S2)C(C(=O)NC(C)(C)CC(C)(C)C)N(CCCCO)C(=O)[C@H]13. The van der Waals surface area contributed by atoms with Crippen LogP contribution in [-0.4, -0.2) is 69.0 Å². The number of carbonyl (C=O) groups is 3. The molecule has 3 fully saturated rings. The summed E-state index contributed by atoms with van der Waals surface area (Å²) in [5.41, 5.74) is -0.382. The quantitative estimate of drug-likeness (QED) is 0.405. The van der Waals surface area contributed by atoms with Gasteiger partial charge in [-0.3, -0.25) is 14.4 Å². The van der Waals surface area contributed by atoms with Crippen molar-refractivity contribution in [1.82, 2.24) is 15.5 Å². The third kappa shape index (κ3) is 4.99. The number of hydrogen-bond acceptors (Lipinski definition) is 5. The van der Waals surface area contributed by atoms with E-state index >= 15 is 0 Å². The van der Waals surface area contributed by atoms with E-state index in [0.29, 0.717) is 25.9 Å². The van der Waals surface area contributed by atoms with Crippen LogP contribution in [0.4, 0.5) is 0 Å². The summed E-state index contributed by atoms with van der Waals surface area (Å²) in [6, 6.07) is -0.600. The van der Waals surface area contributed by atoms with Gasteiger partial charge in [0.2, 0.25) is 17.7 Å². The molecule has 3 saturated heterocycles. The predicted molar refractivity (Wildman–Crippen MR) is 136 cm³/mol. The van der Waals surface area contributed by atoms with Crippen LogP contribution in [-0.2, 0) is 14.4 Å². The van der Waals surface area contributed by atoms with Gasteiger partial charge in [0.25, 0.3) is 0 Å². The minimum atomic E-state index is -0.600. The van der Waals surface area contributed by atoms with Crippen molar-refractivity contribution < 1.29 is 19.5 Å². The molecule has 2 bridgehead atoms. The molecule has 0 aromatic heterocycles. The first-order valence-corrected chi connectivity index (χ1v) is 13.9. The number of fused-ring (bicyclic) bond motifs is 1. The molecule has 0 aromatic rings. The Labute approximate surface area is 209 Å². The molecule has 3 N–H and O–H groups in total. The lowest BCUT2D eigenvalue weighted by molar-refractivity contribution is -0.140. The molecule has 6 atom stereocenters. The van der Waals surface area contributed by atoms with Gasteiger partial charge in [-0.25, -0.2) is 0 Å². The number of aliphatic hydroxyl groups is 1. The molecule has 3 rings (SSSR count). The first-order valence-electron chi connectivity index (χ1n) is 13.0. The van der Waals surface area contributed by atoms with Crippen molar-refractivity contribution in [3.05, 3.63) is 0 Å². The maximum absolute atomic E-state index is 14.0. The highest BCUT2D eigenvalue weighted by atomic mass is 32.2. The van der Waals surface area contributed by atoms with Crippen molar-refractivity contribution in [1.29, 1.82) is 0 Å². The van der Waals surface area contributed by atoms with Gasteiger partial charge in [-0.05, 0) is 57.3 Å². The molecule has 194 valence electrons. The lowest BCUT2D eigenvalue weighted by Gasteiger charge is -2.41. The smallest absolute Gasteiger partial charge is 0.244 e. The van der Waals surface area contributed by atoms with Crippen LogP contribution in [0.15, 0.2) is 0 Å². The Morgan fingerprint density at radius 2 is 1.85 bits per heavy atom. The lowest BCUT2D eigenvalue weighted by Crippen LogP contribution is -2.60. The van der Waals surface area contributed by atoms with Gasteiger partial charge in [0, 0.05) is 30.5 Å². The van der Waals surface area contributed by atoms with Gasteiger partial charge >= 0.3 is 0 Å². The van der Waals surface area contributed by atoms with E-state index in [1.54, 1.807) is 16.7 Å². The van der Waals surface area contributed by atoms with E-state index in [2.05, 4.69) is 38.3 Å². The fourth-order valence-electron chi connectivity index (χ4n) is 6.89. The van der Waals surface area contributed by atoms with Crippen molar-refractivity contribution in [3.63, 3.8) is 0 Å². The zero-order valence-electron chi connectivity index (χ0n) is 22.1. The van der Waals surface area contributed by atoms with E-state index in [0.717, 1.165) is 19.3 Å². The highest BCUT2D eigenvalue weighted by Crippen LogP contribution is 2.68. The summed E-state index contributed by atoms with van der Waals surface area (Å²) in [7, 11) is 0. The van der Waals surface area contributed by atoms with Crippen molar-refractivity contribution in [2.24, 2.45) is 23.2 Å². The average molecular weight is 496 g/mol. The normalized spacial score (nSPS) is 32.8. The van der Waals surface area contributed by atoms with Crippen LogP contribution in [0, 0.1) is 23.2 Å². The summed E-state index contributed by atoms with van der Waals surface area (Å²) in [6.45, 7) is 15.8. The summed E-state index contributed by atoms with van der Waals surface area (Å²) in [5, 5.41) is 15.7. The maximum Gasteiger partial charge on any atom is 0.244 e. The van der Waals surface area contributed by atoms with E-state index in [9.17, 15) is 19.5 Å². The molecular formula is C26H45N3O4S. The fourth-order valence-corrected chi connectivity index (χ4v) is 9.31. The zero-order valence-corrected chi connectivity index (χ0v) is 22.9. The fraction of sp³-hybridized carbons (Fsp3) is 0.885. The highest BCUT2D eigenvalue weighted by Gasteiger charge is 2.75. The monoisotopic (exact) mass is 495 g/mol. The van der Waals surface area contributed by atoms with Crippen LogP contribution >= 0.6 is 11.8 Å². The Balaban J connectivity index is 1.96. The second kappa shape index (κ2) is 10.00. The Morgan fingerprint density at radius 1 is 1.18 bits per heavy atom. The third-order valence-corrected chi connectivity index (χ3v) is 9.66. The first-order chi connectivity index (χ1) is 15.8. The summed E-state index contributed by atoms with van der Waals surface area (Å²) in [5.74, 6) is -0.916. The number of hydrogen-bond donors (Lipinski definition) is 3. The molecule has 0 aromatic carbocycles. The summed E-state index contributed by atoms with van der Waals surface area (Å²) < 4.78 is -0.586. The number of amides is 3. The molecular weight excluding hydrogens is 450 g/mol. The molecule has 1 spiro atoms. The van der Waals surface area contributed by atoms with Crippen molar-refractivity contribution in [3.8, 4) is 0 Å². The molecule has 0 radical (unpaired) electrons. The van der Waals surface area contributed by atoms with Gasteiger partial charge in [-0.2, -0.15) is 0 Å². The Hall–Kier alpha value is -1.28. The topological polar surface area (TPSA) is 98.7 Å². The second-order valence-corrected chi connectivity index (χ2v) is 14.0. The summed E-state index contributed by atoms with van der Waals surface area (Å²) >= 11 is 1.72. The van der Waals surface area contributed by atoms with E-state index in [1.165, 1.54) is 0 Å². The van der Waals surface area contributed by atoms with Crippen LogP contribution in [0.2, 0.25) is 0 Å². The number of rotatable bonds is 10. The molecule has 7 nitrogen and oxygen atoms in total. The number of likely N-dealkylation sites (tertiary alicyclic amines) is 1. The average Bonchev–Trinajstić information content (AvgIpc) is 3.28. The van der Waals surface area contributed by atoms with E-state index < -0.39 is 22.2 Å². The number of carbonyl (C=O) groups excluding carboxylic acids is 3. The summed E-state index contributed by atoms with van der Waals surface area (Å²) in [4.78, 5) is 42.8. The molecule has 3 heterocycles. The minimum absolute atomic E-state index is 0.0419. The van der Waals surface area contributed by atoms with E-state index in [4.69, 9.17) is 0 Å². The standard InChI is InChI=1S/C26H45N3O4S/c1-8-11-27-21(31)18-17-14-16(2)26(34-17)19(18)23(33)29(12-9-10-13-30)20(26)22(32)28-25(6,7)15-24(3,4)5/h16-20,30H,8-15H2,1-7H3,(H,27,31)(H,28,32)/t16?,17-,18+,19-,20?,26?/m0/s1. The van der Waals surface area contributed by atoms with Crippen LogP contribution in [0.25, 0.3) is 0 Å². The number of nitrogens with zero attached hydrogens (tertiary/aromatic N) is 1. The van der Waals surface area contributed by atoms with Crippen LogP contribution in [0.5, 0.6) is 0 Å². The van der Waals surface area contributed by atoms with Crippen LogP contribution in [0.3, 0.4) is 0 Å². The maximum atomic E-state index is 14.0. The number of aliphatic hydroxyl groups excluding tert-OH is 1. The molecule has 0 saturated carbocycles. The molecule has 0 aliphatic carbocycles. The van der Waals surface area contributed by atoms with Crippen molar-refractivity contribution in [2.75, 3.05) is 19.7 Å². The van der Waals surface area contributed by atoms with Crippen LogP contribution < -0.4 is 10.6 Å². The van der Waals surface area contributed by atoms with Gasteiger partial charge in [-0.1, -0.05) is 34.6 Å². The Morgan fingerprint density at radius 3 is 2.44 bits per heavy atom. The summed E-state index contributed by atoms with van der Waals surface area (Å²) in [6.07, 6.45) is 3.71. The minimum Gasteiger partial charge on any atom is -0.396 e. The van der Waals surface area contributed by atoms with Gasteiger partial charge in [0.1, 0.15) is 6.04 Å². The van der Waals surface area contributed by atoms with E-state index in [-0.39, 0.29) is 46.8 Å². The molecule has 3 unspecified atom stereocenters. The van der Waals surface area contributed by atoms with Crippen molar-refractivity contribution in [2.45, 2.75) is 102 Å². The number of unbranched alkanes of at least 4 members (excludes halogenated alkanes) is 1.